The molecule has 158 valence electrons. The van der Waals surface area contributed by atoms with E-state index < -0.39 is 0 Å². The van der Waals surface area contributed by atoms with Crippen LogP contribution in [-0.2, 0) is 17.6 Å². The van der Waals surface area contributed by atoms with Crippen LogP contribution >= 0.6 is 0 Å². The molecule has 2 aliphatic carbocycles. The molecular weight excluding hydrogens is 386 g/mol. The number of amides is 1. The Morgan fingerprint density at radius 1 is 1.10 bits per heavy atom. The SMILES string of the molecule is CN(C(=O)C1CC(=O)c2c([nH]c(-c3ccncc3)c2Cc2ccccc2)C1)C1CCC1. The van der Waals surface area contributed by atoms with Gasteiger partial charge in [0.15, 0.2) is 5.78 Å². The van der Waals surface area contributed by atoms with Gasteiger partial charge in [-0.2, -0.15) is 0 Å². The van der Waals surface area contributed by atoms with Crippen LogP contribution in [0.5, 0.6) is 0 Å². The fourth-order valence-electron chi connectivity index (χ4n) is 4.89. The highest BCUT2D eigenvalue weighted by Crippen LogP contribution is 2.37. The molecule has 1 aromatic carbocycles. The van der Waals surface area contributed by atoms with Crippen molar-refractivity contribution in [3.05, 3.63) is 77.2 Å². The van der Waals surface area contributed by atoms with Crippen LogP contribution in [0.2, 0.25) is 0 Å². The standard InChI is InChI=1S/C26H27N3O2/c1-29(20-8-5-9-20)26(31)19-15-22-24(23(30)16-19)21(14-17-6-3-2-4-7-17)25(28-22)18-10-12-27-13-11-18/h2-4,6-7,10-13,19-20,28H,5,8-9,14-16H2,1H3. The van der Waals surface area contributed by atoms with E-state index in [9.17, 15) is 9.59 Å². The number of hydrogen-bond donors (Lipinski definition) is 1. The van der Waals surface area contributed by atoms with Crippen molar-refractivity contribution >= 4 is 11.7 Å². The van der Waals surface area contributed by atoms with Gasteiger partial charge in [-0.25, -0.2) is 0 Å². The molecule has 2 aromatic heterocycles. The Hall–Kier alpha value is -3.21. The van der Waals surface area contributed by atoms with Crippen molar-refractivity contribution < 1.29 is 9.59 Å². The Labute approximate surface area is 182 Å². The zero-order chi connectivity index (χ0) is 21.4. The Morgan fingerprint density at radius 3 is 2.52 bits per heavy atom. The summed E-state index contributed by atoms with van der Waals surface area (Å²) < 4.78 is 0. The summed E-state index contributed by atoms with van der Waals surface area (Å²) in [5, 5.41) is 0. The van der Waals surface area contributed by atoms with Crippen molar-refractivity contribution in [3.8, 4) is 11.3 Å². The monoisotopic (exact) mass is 413 g/mol. The first kappa shape index (κ1) is 19.7. The van der Waals surface area contributed by atoms with E-state index in [1.54, 1.807) is 12.4 Å². The summed E-state index contributed by atoms with van der Waals surface area (Å²) in [6.45, 7) is 0. The van der Waals surface area contributed by atoms with Crippen LogP contribution < -0.4 is 0 Å². The lowest BCUT2D eigenvalue weighted by Crippen LogP contribution is -2.45. The maximum atomic E-state index is 13.3. The van der Waals surface area contributed by atoms with Crippen LogP contribution in [0, 0.1) is 5.92 Å². The lowest BCUT2D eigenvalue weighted by Gasteiger charge is -2.37. The number of ketones is 1. The van der Waals surface area contributed by atoms with Gasteiger partial charge in [-0.3, -0.25) is 14.6 Å². The fraction of sp³-hybridized carbons (Fsp3) is 0.346. The van der Waals surface area contributed by atoms with E-state index in [-0.39, 0.29) is 17.6 Å². The van der Waals surface area contributed by atoms with E-state index in [4.69, 9.17) is 0 Å². The number of nitrogens with one attached hydrogen (secondary N) is 1. The summed E-state index contributed by atoms with van der Waals surface area (Å²) in [6, 6.07) is 14.5. The Bertz CT molecular complexity index is 1100. The molecule has 0 radical (unpaired) electrons. The zero-order valence-electron chi connectivity index (χ0n) is 17.8. The molecule has 0 saturated heterocycles. The van der Waals surface area contributed by atoms with Gasteiger partial charge in [0.05, 0.1) is 11.6 Å². The smallest absolute Gasteiger partial charge is 0.226 e. The molecule has 0 aliphatic heterocycles. The summed E-state index contributed by atoms with van der Waals surface area (Å²) in [5.74, 6) is -0.100. The number of hydrogen-bond acceptors (Lipinski definition) is 3. The van der Waals surface area contributed by atoms with E-state index in [0.29, 0.717) is 25.3 Å². The van der Waals surface area contributed by atoms with Crippen molar-refractivity contribution in [2.75, 3.05) is 7.05 Å². The first-order valence-electron chi connectivity index (χ1n) is 11.1. The number of carbonyl (C=O) groups excluding carboxylic acids is 2. The number of carbonyl (C=O) groups is 2. The van der Waals surface area contributed by atoms with Gasteiger partial charge < -0.3 is 9.88 Å². The number of benzene rings is 1. The summed E-state index contributed by atoms with van der Waals surface area (Å²) in [6.07, 6.45) is 8.42. The van der Waals surface area contributed by atoms with Gasteiger partial charge in [0.1, 0.15) is 0 Å². The zero-order valence-corrected chi connectivity index (χ0v) is 17.8. The summed E-state index contributed by atoms with van der Waals surface area (Å²) >= 11 is 0. The molecule has 0 spiro atoms. The molecule has 0 bridgehead atoms. The molecule has 1 fully saturated rings. The number of rotatable bonds is 5. The molecule has 1 atom stereocenters. The van der Waals surface area contributed by atoms with Crippen molar-refractivity contribution in [3.63, 3.8) is 0 Å². The van der Waals surface area contributed by atoms with E-state index in [1.165, 1.54) is 6.42 Å². The second-order valence-electron chi connectivity index (χ2n) is 8.79. The second-order valence-corrected chi connectivity index (χ2v) is 8.79. The third-order valence-electron chi connectivity index (χ3n) is 6.85. The van der Waals surface area contributed by atoms with E-state index in [2.05, 4.69) is 22.1 Å². The molecule has 31 heavy (non-hydrogen) atoms. The number of pyridine rings is 1. The van der Waals surface area contributed by atoms with Gasteiger partial charge >= 0.3 is 0 Å². The van der Waals surface area contributed by atoms with E-state index in [1.807, 2.05) is 42.3 Å². The number of H-pyrrole nitrogens is 1. The maximum Gasteiger partial charge on any atom is 0.226 e. The van der Waals surface area contributed by atoms with Crippen molar-refractivity contribution in [2.45, 2.75) is 44.6 Å². The average molecular weight is 414 g/mol. The van der Waals surface area contributed by atoms with Gasteiger partial charge in [0.25, 0.3) is 0 Å². The van der Waals surface area contributed by atoms with Crippen LogP contribution in [0.15, 0.2) is 54.9 Å². The molecule has 1 N–H and O–H groups in total. The second kappa shape index (κ2) is 8.14. The average Bonchev–Trinajstić information content (AvgIpc) is 3.12. The third kappa shape index (κ3) is 3.69. The predicted molar refractivity (Wildman–Crippen MR) is 120 cm³/mol. The lowest BCUT2D eigenvalue weighted by atomic mass is 9.82. The molecule has 1 amide bonds. The summed E-state index contributed by atoms with van der Waals surface area (Å²) in [4.78, 5) is 36.0. The minimum atomic E-state index is -0.279. The van der Waals surface area contributed by atoms with E-state index in [0.717, 1.165) is 46.5 Å². The van der Waals surface area contributed by atoms with E-state index >= 15 is 0 Å². The van der Waals surface area contributed by atoms with Crippen LogP contribution in [-0.4, -0.2) is 39.6 Å². The topological polar surface area (TPSA) is 66.1 Å². The molecule has 1 unspecified atom stereocenters. The minimum Gasteiger partial charge on any atom is -0.358 e. The number of aromatic amines is 1. The third-order valence-corrected chi connectivity index (χ3v) is 6.85. The molecular formula is C26H27N3O2. The van der Waals surface area contributed by atoms with Crippen LogP contribution in [0.1, 0.15) is 52.9 Å². The van der Waals surface area contributed by atoms with Crippen LogP contribution in [0.3, 0.4) is 0 Å². The fourth-order valence-corrected chi connectivity index (χ4v) is 4.89. The summed E-state index contributed by atoms with van der Waals surface area (Å²) in [7, 11) is 1.89. The van der Waals surface area contributed by atoms with Crippen molar-refractivity contribution in [1.82, 2.24) is 14.9 Å². The van der Waals surface area contributed by atoms with Gasteiger partial charge in [0, 0.05) is 61.6 Å². The summed E-state index contributed by atoms with van der Waals surface area (Å²) in [5.41, 5.74) is 5.84. The predicted octanol–water partition coefficient (Wildman–Crippen LogP) is 4.42. The number of nitrogens with zero attached hydrogens (tertiary/aromatic N) is 2. The van der Waals surface area contributed by atoms with Crippen molar-refractivity contribution in [1.29, 1.82) is 0 Å². The molecule has 5 heteroatoms. The normalized spacial score (nSPS) is 18.4. The van der Waals surface area contributed by atoms with Crippen LogP contribution in [0.4, 0.5) is 0 Å². The quantitative estimate of drug-likeness (QED) is 0.673. The maximum absolute atomic E-state index is 13.3. The molecule has 2 aliphatic rings. The minimum absolute atomic E-state index is 0.0732. The molecule has 1 saturated carbocycles. The largest absolute Gasteiger partial charge is 0.358 e. The van der Waals surface area contributed by atoms with Gasteiger partial charge in [-0.15, -0.1) is 0 Å². The van der Waals surface area contributed by atoms with Gasteiger partial charge in [-0.1, -0.05) is 30.3 Å². The Balaban J connectivity index is 1.52. The van der Waals surface area contributed by atoms with Crippen molar-refractivity contribution in [2.24, 2.45) is 5.92 Å². The lowest BCUT2D eigenvalue weighted by molar-refractivity contribution is -0.137. The number of fused-ring (bicyclic) bond motifs is 1. The highest BCUT2D eigenvalue weighted by atomic mass is 16.2. The molecule has 2 heterocycles. The first-order chi connectivity index (χ1) is 15.1. The highest BCUT2D eigenvalue weighted by Gasteiger charge is 2.37. The number of aromatic nitrogens is 2. The van der Waals surface area contributed by atoms with Crippen LogP contribution in [0.25, 0.3) is 11.3 Å². The first-order valence-corrected chi connectivity index (χ1v) is 11.1. The molecule has 5 rings (SSSR count). The molecule has 5 nitrogen and oxygen atoms in total. The van der Waals surface area contributed by atoms with Gasteiger partial charge in [0.2, 0.25) is 5.91 Å². The number of Topliss-reactive ketones (excluding diaryl/α,β-unsaturated/α-hetero) is 1. The molecule has 3 aromatic rings. The Morgan fingerprint density at radius 2 is 1.84 bits per heavy atom. The highest BCUT2D eigenvalue weighted by molar-refractivity contribution is 6.04. The Kier molecular flexibility index (Phi) is 5.18. The van der Waals surface area contributed by atoms with Gasteiger partial charge in [-0.05, 0) is 42.5 Å².